The highest BCUT2D eigenvalue weighted by Crippen LogP contribution is 2.37. The fourth-order valence-electron chi connectivity index (χ4n) is 3.20. The van der Waals surface area contributed by atoms with Crippen LogP contribution in [0.4, 0.5) is 5.69 Å². The molecular weight excluding hydrogens is 364 g/mol. The fraction of sp³-hybridized carbons (Fsp3) is 0.200. The number of ether oxygens (including phenoxy) is 1. The number of hydrogen-bond donors (Lipinski definition) is 1. The number of carbonyl (C=O) groups is 1. The summed E-state index contributed by atoms with van der Waals surface area (Å²) in [5.41, 5.74) is 3.14. The third kappa shape index (κ3) is 3.21. The van der Waals surface area contributed by atoms with Crippen LogP contribution < -0.4 is 4.74 Å². The molecule has 0 amide bonds. The van der Waals surface area contributed by atoms with Crippen LogP contribution in [0.3, 0.4) is 0 Å². The Morgan fingerprint density at radius 3 is 2.78 bits per heavy atom. The van der Waals surface area contributed by atoms with Gasteiger partial charge in [-0.1, -0.05) is 24.3 Å². The minimum Gasteiger partial charge on any atom is -0.512 e. The number of thiazole rings is 1. The molecule has 0 fully saturated rings. The number of fused-ring (bicyclic) bond motifs is 1. The number of aromatic nitrogens is 1. The van der Waals surface area contributed by atoms with Gasteiger partial charge in [0.2, 0.25) is 0 Å². The van der Waals surface area contributed by atoms with E-state index in [0.29, 0.717) is 40.6 Å². The molecule has 1 aromatic heterocycles. The van der Waals surface area contributed by atoms with Crippen LogP contribution in [-0.4, -0.2) is 15.9 Å². The molecule has 3 aromatic rings. The van der Waals surface area contributed by atoms with Crippen LogP contribution in [0.15, 0.2) is 47.3 Å². The molecule has 1 aliphatic carbocycles. The molecule has 27 heavy (non-hydrogen) atoms. The van der Waals surface area contributed by atoms with Crippen molar-refractivity contribution in [1.82, 2.24) is 4.98 Å². The van der Waals surface area contributed by atoms with Crippen LogP contribution in [0.25, 0.3) is 15.8 Å². The van der Waals surface area contributed by atoms with Gasteiger partial charge in [0, 0.05) is 12.8 Å². The average Bonchev–Trinajstić information content (AvgIpc) is 3.22. The van der Waals surface area contributed by atoms with Gasteiger partial charge in [0.15, 0.2) is 5.78 Å². The predicted octanol–water partition coefficient (Wildman–Crippen LogP) is 5.68. The maximum atomic E-state index is 12.2. The number of Topliss-reactive ketones (excluding diaryl/α,β-unsaturated/α-hetero) is 1. The van der Waals surface area contributed by atoms with Gasteiger partial charge in [-0.15, -0.1) is 4.91 Å². The second-order valence-corrected chi connectivity index (χ2v) is 7.24. The van der Waals surface area contributed by atoms with Gasteiger partial charge in [0.1, 0.15) is 17.2 Å². The molecule has 0 bridgehead atoms. The summed E-state index contributed by atoms with van der Waals surface area (Å²) in [6.45, 7) is 2.00. The SMILES string of the molecule is CCc1ccc(Oc2nc3ccc(N=O)cc3s2)cc1C1=C(O)CCC1=O. The van der Waals surface area contributed by atoms with E-state index in [1.54, 1.807) is 24.3 Å². The molecule has 0 radical (unpaired) electrons. The van der Waals surface area contributed by atoms with E-state index in [-0.39, 0.29) is 11.5 Å². The molecule has 136 valence electrons. The van der Waals surface area contributed by atoms with Gasteiger partial charge in [0.05, 0.1) is 15.8 Å². The summed E-state index contributed by atoms with van der Waals surface area (Å²) >= 11 is 1.31. The van der Waals surface area contributed by atoms with Gasteiger partial charge in [-0.25, -0.2) is 4.98 Å². The number of benzene rings is 2. The van der Waals surface area contributed by atoms with Crippen molar-refractivity contribution in [2.45, 2.75) is 26.2 Å². The molecule has 2 aromatic carbocycles. The van der Waals surface area contributed by atoms with Crippen molar-refractivity contribution in [3.05, 3.63) is 58.2 Å². The second-order valence-electron chi connectivity index (χ2n) is 6.24. The number of allylic oxidation sites excluding steroid dienone is 2. The monoisotopic (exact) mass is 380 g/mol. The maximum Gasteiger partial charge on any atom is 0.279 e. The zero-order chi connectivity index (χ0) is 19.0. The predicted molar refractivity (Wildman–Crippen MR) is 105 cm³/mol. The molecule has 1 aliphatic rings. The quantitative estimate of drug-likeness (QED) is 0.575. The van der Waals surface area contributed by atoms with E-state index in [4.69, 9.17) is 4.74 Å². The highest BCUT2D eigenvalue weighted by atomic mass is 32.1. The Balaban J connectivity index is 1.71. The minimum atomic E-state index is -0.0479. The number of nitroso groups, excluding NO2 is 1. The summed E-state index contributed by atoms with van der Waals surface area (Å²) in [6.07, 6.45) is 1.45. The summed E-state index contributed by atoms with van der Waals surface area (Å²) in [4.78, 5) is 27.3. The van der Waals surface area contributed by atoms with E-state index in [0.717, 1.165) is 22.2 Å². The Bertz CT molecular complexity index is 1100. The molecule has 6 nitrogen and oxygen atoms in total. The van der Waals surface area contributed by atoms with E-state index in [1.165, 1.54) is 11.3 Å². The summed E-state index contributed by atoms with van der Waals surface area (Å²) in [5.74, 6) is 0.629. The van der Waals surface area contributed by atoms with Crippen molar-refractivity contribution in [2.75, 3.05) is 0 Å². The van der Waals surface area contributed by atoms with E-state index >= 15 is 0 Å². The maximum absolute atomic E-state index is 12.2. The van der Waals surface area contributed by atoms with Gasteiger partial charge in [-0.3, -0.25) is 4.79 Å². The molecule has 0 saturated heterocycles. The number of aryl methyl sites for hydroxylation is 1. The van der Waals surface area contributed by atoms with E-state index < -0.39 is 0 Å². The standard InChI is InChI=1S/C20H16N2O4S/c1-2-11-3-5-13(10-14(11)19-16(23)7-8-17(19)24)26-20-21-15-6-4-12(22-25)9-18(15)27-20/h3-6,9-10,23H,2,7-8H2,1H3. The first-order valence-electron chi connectivity index (χ1n) is 8.59. The third-order valence-corrected chi connectivity index (χ3v) is 5.45. The number of rotatable bonds is 5. The molecule has 1 N–H and O–H groups in total. The fourth-order valence-corrected chi connectivity index (χ4v) is 4.07. The molecule has 0 saturated carbocycles. The second kappa shape index (κ2) is 6.92. The lowest BCUT2D eigenvalue weighted by molar-refractivity contribution is -0.113. The number of carbonyl (C=O) groups excluding carboxylic acids is 1. The number of nitrogens with zero attached hydrogens (tertiary/aromatic N) is 2. The zero-order valence-electron chi connectivity index (χ0n) is 14.6. The minimum absolute atomic E-state index is 0.0479. The molecular formula is C20H16N2O4S. The topological polar surface area (TPSA) is 88.8 Å². The van der Waals surface area contributed by atoms with E-state index in [1.807, 2.05) is 19.1 Å². The van der Waals surface area contributed by atoms with Crippen LogP contribution >= 0.6 is 11.3 Å². The van der Waals surface area contributed by atoms with Crippen LogP contribution in [0.2, 0.25) is 0 Å². The first kappa shape index (κ1) is 17.4. The van der Waals surface area contributed by atoms with Gasteiger partial charge >= 0.3 is 0 Å². The molecule has 0 aliphatic heterocycles. The smallest absolute Gasteiger partial charge is 0.279 e. The van der Waals surface area contributed by atoms with Crippen LogP contribution in [-0.2, 0) is 11.2 Å². The molecule has 7 heteroatoms. The Hall–Kier alpha value is -3.06. The lowest BCUT2D eigenvalue weighted by Crippen LogP contribution is -2.01. The normalized spacial score (nSPS) is 14.2. The van der Waals surface area contributed by atoms with Crippen molar-refractivity contribution in [2.24, 2.45) is 5.18 Å². The first-order valence-corrected chi connectivity index (χ1v) is 9.41. The van der Waals surface area contributed by atoms with Crippen molar-refractivity contribution in [3.63, 3.8) is 0 Å². The van der Waals surface area contributed by atoms with Crippen molar-refractivity contribution in [3.8, 4) is 10.9 Å². The van der Waals surface area contributed by atoms with Gasteiger partial charge < -0.3 is 9.84 Å². The summed E-state index contributed by atoms with van der Waals surface area (Å²) in [7, 11) is 0. The molecule has 0 spiro atoms. The van der Waals surface area contributed by atoms with Gasteiger partial charge in [-0.05, 0) is 53.1 Å². The van der Waals surface area contributed by atoms with Gasteiger partial charge in [0.25, 0.3) is 5.19 Å². The van der Waals surface area contributed by atoms with Crippen LogP contribution in [0, 0.1) is 4.91 Å². The molecule has 0 unspecified atom stereocenters. The number of aliphatic hydroxyl groups excluding tert-OH is 1. The number of hydrogen-bond acceptors (Lipinski definition) is 7. The highest BCUT2D eigenvalue weighted by Gasteiger charge is 2.26. The van der Waals surface area contributed by atoms with E-state index in [9.17, 15) is 14.8 Å². The zero-order valence-corrected chi connectivity index (χ0v) is 15.4. The summed E-state index contributed by atoms with van der Waals surface area (Å²) < 4.78 is 6.69. The lowest BCUT2D eigenvalue weighted by atomic mass is 9.96. The van der Waals surface area contributed by atoms with Crippen molar-refractivity contribution >= 4 is 38.6 Å². The van der Waals surface area contributed by atoms with Crippen molar-refractivity contribution < 1.29 is 14.6 Å². The summed E-state index contributed by atoms with van der Waals surface area (Å²) in [6, 6.07) is 10.5. The Labute approximate surface area is 159 Å². The van der Waals surface area contributed by atoms with Gasteiger partial charge in [-0.2, -0.15) is 0 Å². The Morgan fingerprint density at radius 2 is 2.07 bits per heavy atom. The number of aliphatic hydroxyl groups is 1. The highest BCUT2D eigenvalue weighted by molar-refractivity contribution is 7.20. The van der Waals surface area contributed by atoms with E-state index in [2.05, 4.69) is 10.2 Å². The van der Waals surface area contributed by atoms with Crippen molar-refractivity contribution in [1.29, 1.82) is 0 Å². The van der Waals surface area contributed by atoms with Crippen LogP contribution in [0.5, 0.6) is 10.9 Å². The lowest BCUT2D eigenvalue weighted by Gasteiger charge is -2.11. The Morgan fingerprint density at radius 1 is 1.22 bits per heavy atom. The molecule has 4 rings (SSSR count). The Kier molecular flexibility index (Phi) is 4.45. The average molecular weight is 380 g/mol. The molecule has 1 heterocycles. The molecule has 0 atom stereocenters. The van der Waals surface area contributed by atoms with Crippen LogP contribution in [0.1, 0.15) is 30.9 Å². The largest absolute Gasteiger partial charge is 0.512 e. The summed E-state index contributed by atoms with van der Waals surface area (Å²) in [5, 5.41) is 13.5. The first-order chi connectivity index (χ1) is 13.1. The third-order valence-electron chi connectivity index (χ3n) is 4.55. The number of ketones is 1.